The molecule has 2 fully saturated rings. The largest absolute Gasteiger partial charge is 0.354 e. The monoisotopic (exact) mass is 317 g/mol. The van der Waals surface area contributed by atoms with Crippen LogP contribution in [0.5, 0.6) is 0 Å². The molecule has 2 aliphatic heterocycles. The van der Waals surface area contributed by atoms with Gasteiger partial charge >= 0.3 is 0 Å². The van der Waals surface area contributed by atoms with Crippen molar-refractivity contribution in [1.82, 2.24) is 14.9 Å². The van der Waals surface area contributed by atoms with Gasteiger partial charge in [-0.25, -0.2) is 12.7 Å². The number of hydrogen-bond acceptors (Lipinski definition) is 4. The molecular formula is C13H23N3O4S. The number of carbonyl (C=O) groups excluding carboxylic acids is 2. The molecule has 2 rings (SSSR count). The maximum Gasteiger partial charge on any atom is 0.223 e. The molecule has 0 spiro atoms. The summed E-state index contributed by atoms with van der Waals surface area (Å²) in [5.74, 6) is -0.0275. The molecule has 0 saturated carbocycles. The van der Waals surface area contributed by atoms with Crippen molar-refractivity contribution >= 4 is 21.8 Å². The van der Waals surface area contributed by atoms with Crippen molar-refractivity contribution in [3.05, 3.63) is 0 Å². The predicted molar refractivity (Wildman–Crippen MR) is 77.9 cm³/mol. The lowest BCUT2D eigenvalue weighted by molar-refractivity contribution is -0.128. The minimum Gasteiger partial charge on any atom is -0.354 e. The first-order chi connectivity index (χ1) is 9.92. The molecule has 0 aromatic heterocycles. The highest BCUT2D eigenvalue weighted by Crippen LogP contribution is 2.20. The smallest absolute Gasteiger partial charge is 0.223 e. The van der Waals surface area contributed by atoms with Gasteiger partial charge in [-0.2, -0.15) is 0 Å². The lowest BCUT2D eigenvalue weighted by Gasteiger charge is -2.32. The SMILES string of the molecule is CCS(=O)(=O)N1CCC(C(=O)NC2CCC(=O)NC2)CC1. The van der Waals surface area contributed by atoms with Gasteiger partial charge in [0.05, 0.1) is 5.75 Å². The zero-order chi connectivity index (χ0) is 15.5. The number of nitrogens with zero attached hydrogens (tertiary/aromatic N) is 1. The molecule has 2 heterocycles. The lowest BCUT2D eigenvalue weighted by atomic mass is 9.96. The van der Waals surface area contributed by atoms with Crippen LogP contribution >= 0.6 is 0 Å². The number of sulfonamides is 1. The van der Waals surface area contributed by atoms with E-state index in [2.05, 4.69) is 10.6 Å². The van der Waals surface area contributed by atoms with Gasteiger partial charge in [-0.05, 0) is 26.2 Å². The van der Waals surface area contributed by atoms with Gasteiger partial charge in [-0.15, -0.1) is 0 Å². The van der Waals surface area contributed by atoms with Gasteiger partial charge in [0.1, 0.15) is 0 Å². The average molecular weight is 317 g/mol. The van der Waals surface area contributed by atoms with Gasteiger partial charge in [0.25, 0.3) is 0 Å². The Morgan fingerprint density at radius 2 is 2.00 bits per heavy atom. The Hall–Kier alpha value is -1.15. The molecule has 120 valence electrons. The van der Waals surface area contributed by atoms with E-state index < -0.39 is 10.0 Å². The molecule has 1 unspecified atom stereocenters. The molecule has 8 heteroatoms. The Balaban J connectivity index is 1.79. The number of amides is 2. The summed E-state index contributed by atoms with van der Waals surface area (Å²) in [7, 11) is -3.15. The third-order valence-corrected chi connectivity index (χ3v) is 6.08. The summed E-state index contributed by atoms with van der Waals surface area (Å²) in [6, 6.07) is -0.00685. The molecular weight excluding hydrogens is 294 g/mol. The highest BCUT2D eigenvalue weighted by atomic mass is 32.2. The highest BCUT2D eigenvalue weighted by Gasteiger charge is 2.31. The molecule has 2 amide bonds. The van der Waals surface area contributed by atoms with Crippen molar-refractivity contribution in [3.63, 3.8) is 0 Å². The topological polar surface area (TPSA) is 95.6 Å². The second-order valence-corrected chi connectivity index (χ2v) is 7.88. The van der Waals surface area contributed by atoms with Crippen molar-refractivity contribution < 1.29 is 18.0 Å². The van der Waals surface area contributed by atoms with E-state index in [1.165, 1.54) is 4.31 Å². The first-order valence-corrected chi connectivity index (χ1v) is 9.08. The molecule has 2 aliphatic rings. The minimum absolute atomic E-state index is 0.00685. The molecule has 0 bridgehead atoms. The molecule has 0 radical (unpaired) electrons. The zero-order valence-electron chi connectivity index (χ0n) is 12.3. The zero-order valence-corrected chi connectivity index (χ0v) is 13.1. The minimum atomic E-state index is -3.15. The van der Waals surface area contributed by atoms with Gasteiger partial charge in [-0.3, -0.25) is 9.59 Å². The summed E-state index contributed by atoms with van der Waals surface area (Å²) >= 11 is 0. The summed E-state index contributed by atoms with van der Waals surface area (Å²) in [5.41, 5.74) is 0. The first-order valence-electron chi connectivity index (χ1n) is 7.47. The van der Waals surface area contributed by atoms with Crippen LogP contribution in [0.4, 0.5) is 0 Å². The number of piperidine rings is 2. The fourth-order valence-corrected chi connectivity index (χ4v) is 3.89. The second kappa shape index (κ2) is 6.74. The van der Waals surface area contributed by atoms with E-state index in [0.29, 0.717) is 45.3 Å². The van der Waals surface area contributed by atoms with Gasteiger partial charge < -0.3 is 10.6 Å². The van der Waals surface area contributed by atoms with Crippen molar-refractivity contribution in [2.24, 2.45) is 5.92 Å². The van der Waals surface area contributed by atoms with E-state index >= 15 is 0 Å². The summed E-state index contributed by atoms with van der Waals surface area (Å²) in [5, 5.41) is 5.69. The number of nitrogens with one attached hydrogen (secondary N) is 2. The Labute approximate surface area is 125 Å². The van der Waals surface area contributed by atoms with E-state index in [-0.39, 0.29) is 29.5 Å². The van der Waals surface area contributed by atoms with Crippen molar-refractivity contribution in [1.29, 1.82) is 0 Å². The van der Waals surface area contributed by atoms with E-state index in [4.69, 9.17) is 0 Å². The Morgan fingerprint density at radius 3 is 2.52 bits per heavy atom. The van der Waals surface area contributed by atoms with Crippen molar-refractivity contribution in [2.75, 3.05) is 25.4 Å². The van der Waals surface area contributed by atoms with Crippen molar-refractivity contribution in [2.45, 2.75) is 38.6 Å². The Bertz CT molecular complexity index is 488. The van der Waals surface area contributed by atoms with Crippen LogP contribution in [0.15, 0.2) is 0 Å². The van der Waals surface area contributed by atoms with E-state index in [0.717, 1.165) is 0 Å². The molecule has 2 N–H and O–H groups in total. The fraction of sp³-hybridized carbons (Fsp3) is 0.846. The van der Waals surface area contributed by atoms with Crippen LogP contribution in [-0.2, 0) is 19.6 Å². The molecule has 7 nitrogen and oxygen atoms in total. The van der Waals surface area contributed by atoms with Crippen molar-refractivity contribution in [3.8, 4) is 0 Å². The number of carbonyl (C=O) groups is 2. The summed E-state index contributed by atoms with van der Waals surface area (Å²) in [6.07, 6.45) is 2.23. The summed E-state index contributed by atoms with van der Waals surface area (Å²) < 4.78 is 25.0. The second-order valence-electron chi connectivity index (χ2n) is 5.62. The Morgan fingerprint density at radius 1 is 1.33 bits per heavy atom. The van der Waals surface area contributed by atoms with Gasteiger partial charge in [0.2, 0.25) is 21.8 Å². The van der Waals surface area contributed by atoms with Crippen LogP contribution in [0.25, 0.3) is 0 Å². The number of hydrogen-bond donors (Lipinski definition) is 2. The molecule has 0 aromatic rings. The van der Waals surface area contributed by atoms with Crippen LogP contribution in [-0.4, -0.2) is 56.0 Å². The quantitative estimate of drug-likeness (QED) is 0.727. The summed E-state index contributed by atoms with van der Waals surface area (Å²) in [4.78, 5) is 23.3. The molecule has 1 atom stereocenters. The van der Waals surface area contributed by atoms with Crippen LogP contribution in [0, 0.1) is 5.92 Å². The van der Waals surface area contributed by atoms with E-state index in [1.807, 2.05) is 0 Å². The van der Waals surface area contributed by atoms with Gasteiger partial charge in [0.15, 0.2) is 0 Å². The molecule has 21 heavy (non-hydrogen) atoms. The summed E-state index contributed by atoms with van der Waals surface area (Å²) in [6.45, 7) is 2.93. The Kier molecular flexibility index (Phi) is 5.21. The fourth-order valence-electron chi connectivity index (χ4n) is 2.75. The van der Waals surface area contributed by atoms with Crippen LogP contribution < -0.4 is 10.6 Å². The van der Waals surface area contributed by atoms with Crippen LogP contribution in [0.2, 0.25) is 0 Å². The maximum absolute atomic E-state index is 12.2. The molecule has 0 aliphatic carbocycles. The van der Waals surface area contributed by atoms with E-state index in [9.17, 15) is 18.0 Å². The normalized spacial score (nSPS) is 25.4. The maximum atomic E-state index is 12.2. The highest BCUT2D eigenvalue weighted by molar-refractivity contribution is 7.89. The van der Waals surface area contributed by atoms with Gasteiger partial charge in [-0.1, -0.05) is 0 Å². The predicted octanol–water partition coefficient (Wildman–Crippen LogP) is -0.557. The van der Waals surface area contributed by atoms with Gasteiger partial charge in [0, 0.05) is 38.0 Å². The molecule has 2 saturated heterocycles. The third-order valence-electron chi connectivity index (χ3n) is 4.19. The van der Waals surface area contributed by atoms with E-state index in [1.54, 1.807) is 6.92 Å². The van der Waals surface area contributed by atoms with Crippen LogP contribution in [0.3, 0.4) is 0 Å². The first kappa shape index (κ1) is 16.2. The number of rotatable bonds is 4. The van der Waals surface area contributed by atoms with Crippen LogP contribution in [0.1, 0.15) is 32.6 Å². The molecule has 0 aromatic carbocycles. The lowest BCUT2D eigenvalue weighted by Crippen LogP contribution is -2.50. The third kappa shape index (κ3) is 4.16. The average Bonchev–Trinajstić information content (AvgIpc) is 2.49. The standard InChI is InChI=1S/C13H23N3O4S/c1-2-21(19,20)16-7-5-10(6-8-16)13(18)15-11-3-4-12(17)14-9-11/h10-11H,2-9H2,1H3,(H,14,17)(H,15,18).